The third-order valence-corrected chi connectivity index (χ3v) is 3.11. The van der Waals surface area contributed by atoms with E-state index < -0.39 is 45.0 Å². The summed E-state index contributed by atoms with van der Waals surface area (Å²) in [6.45, 7) is 3.00. The van der Waals surface area contributed by atoms with Crippen molar-refractivity contribution in [3.8, 4) is 5.75 Å². The molecule has 0 bridgehead atoms. The smallest absolute Gasteiger partial charge is 0.330 e. The van der Waals surface area contributed by atoms with Gasteiger partial charge in [-0.3, -0.25) is 4.79 Å². The fraction of sp³-hybridized carbons (Fsp3) is 0.286. The number of hydrogen-bond donors (Lipinski definition) is 0. The second kappa shape index (κ2) is 7.98. The highest BCUT2D eigenvalue weighted by molar-refractivity contribution is 9.10. The van der Waals surface area contributed by atoms with Crippen molar-refractivity contribution in [3.63, 3.8) is 0 Å². The van der Waals surface area contributed by atoms with E-state index >= 15 is 0 Å². The van der Waals surface area contributed by atoms with Gasteiger partial charge in [0.2, 0.25) is 5.82 Å². The van der Waals surface area contributed by atoms with Crippen LogP contribution in [-0.4, -0.2) is 25.0 Å². The summed E-state index contributed by atoms with van der Waals surface area (Å²) in [5.41, 5.74) is -0.812. The average Bonchev–Trinajstić information content (AvgIpc) is 2.49. The van der Waals surface area contributed by atoms with Gasteiger partial charge < -0.3 is 9.47 Å². The Morgan fingerprint density at radius 3 is 2.23 bits per heavy atom. The maximum Gasteiger partial charge on any atom is 0.330 e. The zero-order valence-electron chi connectivity index (χ0n) is 11.7. The van der Waals surface area contributed by atoms with Gasteiger partial charge in [0.1, 0.15) is 5.56 Å². The minimum absolute atomic E-state index is 0.0899. The third kappa shape index (κ3) is 3.88. The van der Waals surface area contributed by atoms with Gasteiger partial charge in [0.05, 0.1) is 17.7 Å². The number of hydrogen-bond acceptors (Lipinski definition) is 4. The molecule has 1 rings (SSSR count). The van der Waals surface area contributed by atoms with Crippen LogP contribution in [-0.2, 0) is 9.53 Å². The Kier molecular flexibility index (Phi) is 6.61. The topological polar surface area (TPSA) is 52.6 Å². The second-order valence-electron chi connectivity index (χ2n) is 3.84. The SMILES string of the molecule is CCOC(=O)/C=C/C(=O)c1c(F)c(Br)c(F)c(F)c1OCC. The number of benzene rings is 1. The van der Waals surface area contributed by atoms with E-state index in [1.807, 2.05) is 0 Å². The standard InChI is InChI=1S/C14H12BrF3O4/c1-3-21-8(20)6-5-7(19)9-11(16)10(15)12(17)13(18)14(9)22-4-2/h5-6H,3-4H2,1-2H3/b6-5+. The minimum atomic E-state index is -1.51. The molecular weight excluding hydrogens is 369 g/mol. The van der Waals surface area contributed by atoms with Gasteiger partial charge in [0, 0.05) is 6.08 Å². The van der Waals surface area contributed by atoms with Crippen molar-refractivity contribution in [1.82, 2.24) is 0 Å². The Bertz CT molecular complexity index is 629. The molecule has 0 radical (unpaired) electrons. The minimum Gasteiger partial charge on any atom is -0.490 e. The summed E-state index contributed by atoms with van der Waals surface area (Å²) in [4.78, 5) is 23.1. The van der Waals surface area contributed by atoms with Crippen molar-refractivity contribution < 1.29 is 32.2 Å². The van der Waals surface area contributed by atoms with Crippen LogP contribution in [0.4, 0.5) is 13.2 Å². The van der Waals surface area contributed by atoms with E-state index in [0.29, 0.717) is 6.08 Å². The van der Waals surface area contributed by atoms with E-state index in [0.717, 1.165) is 6.08 Å². The Hall–Kier alpha value is -1.83. The van der Waals surface area contributed by atoms with Crippen molar-refractivity contribution in [2.75, 3.05) is 13.2 Å². The summed E-state index contributed by atoms with van der Waals surface area (Å²) in [6, 6.07) is 0. The maximum atomic E-state index is 14.0. The molecule has 0 aromatic heterocycles. The van der Waals surface area contributed by atoms with E-state index in [1.165, 1.54) is 6.92 Å². The van der Waals surface area contributed by atoms with E-state index in [1.54, 1.807) is 6.92 Å². The molecule has 0 aliphatic heterocycles. The first-order valence-corrected chi connectivity index (χ1v) is 7.02. The summed E-state index contributed by atoms with van der Waals surface area (Å²) >= 11 is 2.53. The van der Waals surface area contributed by atoms with Gasteiger partial charge in [-0.25, -0.2) is 13.6 Å². The number of rotatable bonds is 6. The lowest BCUT2D eigenvalue weighted by Crippen LogP contribution is -2.10. The molecule has 0 heterocycles. The highest BCUT2D eigenvalue weighted by Gasteiger charge is 2.28. The quantitative estimate of drug-likeness (QED) is 0.249. The molecule has 8 heteroatoms. The second-order valence-corrected chi connectivity index (χ2v) is 4.64. The lowest BCUT2D eigenvalue weighted by atomic mass is 10.1. The number of carbonyl (C=O) groups excluding carboxylic acids is 2. The number of ketones is 1. The Labute approximate surface area is 133 Å². The monoisotopic (exact) mass is 380 g/mol. The molecule has 1 aromatic rings. The fourth-order valence-electron chi connectivity index (χ4n) is 1.53. The molecule has 0 unspecified atom stereocenters. The normalized spacial score (nSPS) is 10.8. The first-order chi connectivity index (χ1) is 10.3. The third-order valence-electron chi connectivity index (χ3n) is 2.42. The van der Waals surface area contributed by atoms with Crippen molar-refractivity contribution in [2.24, 2.45) is 0 Å². The molecule has 0 saturated carbocycles. The lowest BCUT2D eigenvalue weighted by molar-refractivity contribution is -0.137. The van der Waals surface area contributed by atoms with Gasteiger partial charge in [-0.1, -0.05) is 0 Å². The summed E-state index contributed by atoms with van der Waals surface area (Å²) in [5, 5.41) is 0. The average molecular weight is 381 g/mol. The Morgan fingerprint density at radius 1 is 1.05 bits per heavy atom. The predicted octanol–water partition coefficient (Wildman–Crippen LogP) is 3.57. The van der Waals surface area contributed by atoms with E-state index in [9.17, 15) is 22.8 Å². The van der Waals surface area contributed by atoms with Crippen molar-refractivity contribution >= 4 is 27.7 Å². The largest absolute Gasteiger partial charge is 0.490 e. The highest BCUT2D eigenvalue weighted by Crippen LogP contribution is 2.34. The molecular formula is C14H12BrF3O4. The number of ether oxygens (including phenoxy) is 2. The van der Waals surface area contributed by atoms with Crippen LogP contribution in [0.5, 0.6) is 5.75 Å². The Morgan fingerprint density at radius 2 is 1.68 bits per heavy atom. The predicted molar refractivity (Wildman–Crippen MR) is 75.3 cm³/mol. The zero-order valence-corrected chi connectivity index (χ0v) is 13.3. The summed E-state index contributed by atoms with van der Waals surface area (Å²) < 4.78 is 49.9. The number of allylic oxidation sites excluding steroid dienone is 1. The van der Waals surface area contributed by atoms with E-state index in [-0.39, 0.29) is 13.2 Å². The summed E-state index contributed by atoms with van der Waals surface area (Å²) in [6.07, 6.45) is 1.46. The van der Waals surface area contributed by atoms with Gasteiger partial charge in [-0.05, 0) is 35.9 Å². The molecule has 1 aromatic carbocycles. The highest BCUT2D eigenvalue weighted by atomic mass is 79.9. The molecule has 0 aliphatic carbocycles. The molecule has 0 fully saturated rings. The molecule has 0 aliphatic rings. The van der Waals surface area contributed by atoms with Gasteiger partial charge >= 0.3 is 5.97 Å². The molecule has 0 spiro atoms. The molecule has 4 nitrogen and oxygen atoms in total. The van der Waals surface area contributed by atoms with Crippen LogP contribution in [0, 0.1) is 17.5 Å². The van der Waals surface area contributed by atoms with Crippen LogP contribution >= 0.6 is 15.9 Å². The summed E-state index contributed by atoms with van der Waals surface area (Å²) in [5.74, 6) is -7.06. The number of carbonyl (C=O) groups is 2. The van der Waals surface area contributed by atoms with Crippen LogP contribution in [0.1, 0.15) is 24.2 Å². The molecule has 0 N–H and O–H groups in total. The number of halogens is 4. The molecule has 120 valence electrons. The van der Waals surface area contributed by atoms with Crippen LogP contribution in [0.3, 0.4) is 0 Å². The van der Waals surface area contributed by atoms with Crippen LogP contribution < -0.4 is 4.74 Å². The molecule has 0 saturated heterocycles. The van der Waals surface area contributed by atoms with Crippen molar-refractivity contribution in [2.45, 2.75) is 13.8 Å². The Balaban J connectivity index is 3.33. The first-order valence-electron chi connectivity index (χ1n) is 6.22. The van der Waals surface area contributed by atoms with E-state index in [2.05, 4.69) is 20.7 Å². The summed E-state index contributed by atoms with van der Waals surface area (Å²) in [7, 11) is 0. The van der Waals surface area contributed by atoms with Crippen LogP contribution in [0.2, 0.25) is 0 Å². The molecule has 22 heavy (non-hydrogen) atoms. The maximum absolute atomic E-state index is 14.0. The van der Waals surface area contributed by atoms with Gasteiger partial charge in [-0.2, -0.15) is 4.39 Å². The van der Waals surface area contributed by atoms with Gasteiger partial charge in [0.15, 0.2) is 23.2 Å². The van der Waals surface area contributed by atoms with Gasteiger partial charge in [0.25, 0.3) is 0 Å². The molecule has 0 amide bonds. The fourth-order valence-corrected chi connectivity index (χ4v) is 1.90. The zero-order chi connectivity index (χ0) is 16.9. The number of esters is 1. The lowest BCUT2D eigenvalue weighted by Gasteiger charge is -2.12. The first kappa shape index (κ1) is 18.2. The van der Waals surface area contributed by atoms with Crippen LogP contribution in [0.25, 0.3) is 0 Å². The van der Waals surface area contributed by atoms with Crippen molar-refractivity contribution in [3.05, 3.63) is 39.6 Å². The van der Waals surface area contributed by atoms with Crippen molar-refractivity contribution in [1.29, 1.82) is 0 Å². The molecule has 0 atom stereocenters. The van der Waals surface area contributed by atoms with Crippen LogP contribution in [0.15, 0.2) is 16.6 Å². The van der Waals surface area contributed by atoms with E-state index in [4.69, 9.17) is 4.74 Å². The van der Waals surface area contributed by atoms with Gasteiger partial charge in [-0.15, -0.1) is 0 Å².